The van der Waals surface area contributed by atoms with Crippen LogP contribution in [-0.4, -0.2) is 44.7 Å². The Balaban J connectivity index is 1.22. The molecule has 5 rings (SSSR count). The number of benzene rings is 3. The molecule has 0 N–H and O–H groups in total. The highest BCUT2D eigenvalue weighted by Crippen LogP contribution is 2.43. The van der Waals surface area contributed by atoms with Gasteiger partial charge in [0.05, 0.1) is 25.4 Å². The summed E-state index contributed by atoms with van der Waals surface area (Å²) in [4.78, 5) is 17.0. The van der Waals surface area contributed by atoms with Gasteiger partial charge in [-0.3, -0.25) is 0 Å². The first-order valence-electron chi connectivity index (χ1n) is 13.4. The minimum absolute atomic E-state index is 0.00755. The standard InChI is InChI=1S/C33H32ClNO6/c1-20(33(39-4)41-30-15-14-25(37-2)18-28(30)32(36)38-3)27-19-31(27)40-26-7-5-6-21(16-26)8-12-24-13-10-22-9-11-23(34)17-29(22)35-24/h5-18,20,27,31,33H,19H2,1-4H3. The molecule has 0 radical (unpaired) electrons. The minimum Gasteiger partial charge on any atom is -0.497 e. The third kappa shape index (κ3) is 6.81. The molecule has 1 saturated carbocycles. The molecule has 0 spiro atoms. The second-order valence-electron chi connectivity index (χ2n) is 9.97. The van der Waals surface area contributed by atoms with Crippen LogP contribution in [0, 0.1) is 11.8 Å². The van der Waals surface area contributed by atoms with E-state index in [9.17, 15) is 4.79 Å². The molecule has 4 atom stereocenters. The van der Waals surface area contributed by atoms with Gasteiger partial charge in [0, 0.05) is 29.4 Å². The number of rotatable bonds is 11. The van der Waals surface area contributed by atoms with E-state index in [0.717, 1.165) is 34.3 Å². The summed E-state index contributed by atoms with van der Waals surface area (Å²) in [6, 6.07) is 22.7. The molecule has 1 aliphatic carbocycles. The van der Waals surface area contributed by atoms with Crippen LogP contribution in [-0.2, 0) is 9.47 Å². The Morgan fingerprint density at radius 1 is 0.976 bits per heavy atom. The zero-order valence-corrected chi connectivity index (χ0v) is 24.1. The number of carbonyl (C=O) groups excluding carboxylic acids is 1. The van der Waals surface area contributed by atoms with Gasteiger partial charge in [0.15, 0.2) is 0 Å². The fourth-order valence-corrected chi connectivity index (χ4v) is 5.00. The van der Waals surface area contributed by atoms with Crippen molar-refractivity contribution in [2.75, 3.05) is 21.3 Å². The predicted octanol–water partition coefficient (Wildman–Crippen LogP) is 7.31. The van der Waals surface area contributed by atoms with E-state index in [1.165, 1.54) is 14.2 Å². The molecule has 4 unspecified atom stereocenters. The maximum Gasteiger partial charge on any atom is 0.341 e. The summed E-state index contributed by atoms with van der Waals surface area (Å²) in [6.45, 7) is 2.06. The Kier molecular flexibility index (Phi) is 8.76. The van der Waals surface area contributed by atoms with Gasteiger partial charge < -0.3 is 23.7 Å². The summed E-state index contributed by atoms with van der Waals surface area (Å²) < 4.78 is 28.3. The Morgan fingerprint density at radius 3 is 2.59 bits per heavy atom. The SMILES string of the molecule is COC(=O)c1cc(OC)ccc1OC(OC)C(C)C1CC1Oc1cccc(C=Cc2ccc3ccc(Cl)cc3n2)c1. The number of fused-ring (bicyclic) bond motifs is 1. The summed E-state index contributed by atoms with van der Waals surface area (Å²) in [5.41, 5.74) is 2.99. The fraction of sp³-hybridized carbons (Fsp3) is 0.273. The van der Waals surface area contributed by atoms with Crippen molar-refractivity contribution in [3.8, 4) is 17.2 Å². The van der Waals surface area contributed by atoms with Crippen molar-refractivity contribution >= 4 is 40.6 Å². The molecule has 1 fully saturated rings. The summed E-state index contributed by atoms with van der Waals surface area (Å²) in [5, 5.41) is 1.71. The monoisotopic (exact) mass is 573 g/mol. The lowest BCUT2D eigenvalue weighted by molar-refractivity contribution is -0.0960. The topological polar surface area (TPSA) is 76.1 Å². The van der Waals surface area contributed by atoms with E-state index < -0.39 is 12.3 Å². The average molecular weight is 574 g/mol. The molecule has 4 aromatic rings. The largest absolute Gasteiger partial charge is 0.497 e. The first kappa shape index (κ1) is 28.5. The van der Waals surface area contributed by atoms with Gasteiger partial charge in [-0.15, -0.1) is 0 Å². The number of hydrogen-bond acceptors (Lipinski definition) is 7. The number of hydrogen-bond donors (Lipinski definition) is 0. The Morgan fingerprint density at radius 2 is 1.80 bits per heavy atom. The number of ether oxygens (including phenoxy) is 5. The van der Waals surface area contributed by atoms with E-state index in [1.807, 2.05) is 66.7 Å². The second kappa shape index (κ2) is 12.6. The Labute approximate surface area is 244 Å². The summed E-state index contributed by atoms with van der Waals surface area (Å²) >= 11 is 6.13. The number of halogens is 1. The molecular formula is C33H32ClNO6. The molecule has 212 valence electrons. The molecule has 0 aliphatic heterocycles. The summed E-state index contributed by atoms with van der Waals surface area (Å²) in [7, 11) is 4.46. The third-order valence-electron chi connectivity index (χ3n) is 7.22. The molecule has 0 saturated heterocycles. The number of aromatic nitrogens is 1. The van der Waals surface area contributed by atoms with Gasteiger partial charge in [-0.2, -0.15) is 0 Å². The first-order valence-corrected chi connectivity index (χ1v) is 13.7. The molecule has 1 heterocycles. The quantitative estimate of drug-likeness (QED) is 0.137. The lowest BCUT2D eigenvalue weighted by Crippen LogP contribution is -2.30. The van der Waals surface area contributed by atoms with Gasteiger partial charge in [-0.25, -0.2) is 9.78 Å². The zero-order chi connectivity index (χ0) is 28.9. The maximum absolute atomic E-state index is 12.3. The number of methoxy groups -OCH3 is 3. The van der Waals surface area contributed by atoms with E-state index in [2.05, 4.69) is 11.9 Å². The molecule has 0 amide bonds. The van der Waals surface area contributed by atoms with Crippen molar-refractivity contribution in [2.45, 2.75) is 25.7 Å². The van der Waals surface area contributed by atoms with Crippen LogP contribution in [0.2, 0.25) is 5.02 Å². The van der Waals surface area contributed by atoms with Crippen LogP contribution in [0.5, 0.6) is 17.2 Å². The zero-order valence-electron chi connectivity index (χ0n) is 23.4. The molecule has 1 aromatic heterocycles. The van der Waals surface area contributed by atoms with Crippen LogP contribution in [0.1, 0.15) is 35.0 Å². The van der Waals surface area contributed by atoms with Crippen LogP contribution < -0.4 is 14.2 Å². The highest BCUT2D eigenvalue weighted by Gasteiger charge is 2.47. The van der Waals surface area contributed by atoms with Crippen molar-refractivity contribution < 1.29 is 28.5 Å². The second-order valence-corrected chi connectivity index (χ2v) is 10.4. The third-order valence-corrected chi connectivity index (χ3v) is 7.45. The first-order chi connectivity index (χ1) is 19.9. The van der Waals surface area contributed by atoms with Gasteiger partial charge in [0.1, 0.15) is 28.9 Å². The van der Waals surface area contributed by atoms with Gasteiger partial charge in [0.25, 0.3) is 0 Å². The van der Waals surface area contributed by atoms with E-state index >= 15 is 0 Å². The molecule has 1 aliphatic rings. The predicted molar refractivity (Wildman–Crippen MR) is 160 cm³/mol. The average Bonchev–Trinajstić information content (AvgIpc) is 3.76. The van der Waals surface area contributed by atoms with Gasteiger partial charge >= 0.3 is 5.97 Å². The van der Waals surface area contributed by atoms with Gasteiger partial charge in [-0.1, -0.05) is 48.9 Å². The summed E-state index contributed by atoms with van der Waals surface area (Å²) in [5.74, 6) is 1.43. The maximum atomic E-state index is 12.3. The van der Waals surface area contributed by atoms with Crippen molar-refractivity contribution in [1.29, 1.82) is 0 Å². The Bertz CT molecular complexity index is 1570. The lowest BCUT2D eigenvalue weighted by Gasteiger charge is -2.25. The number of pyridine rings is 1. The minimum atomic E-state index is -0.580. The number of esters is 1. The smallest absolute Gasteiger partial charge is 0.341 e. The van der Waals surface area contributed by atoms with Crippen LogP contribution >= 0.6 is 11.6 Å². The van der Waals surface area contributed by atoms with Crippen LogP contribution in [0.15, 0.2) is 72.8 Å². The lowest BCUT2D eigenvalue weighted by atomic mass is 10.1. The molecule has 0 bridgehead atoms. The van der Waals surface area contributed by atoms with Crippen molar-refractivity contribution in [1.82, 2.24) is 4.98 Å². The van der Waals surface area contributed by atoms with Crippen LogP contribution in [0.3, 0.4) is 0 Å². The van der Waals surface area contributed by atoms with Gasteiger partial charge in [0.2, 0.25) is 6.29 Å². The van der Waals surface area contributed by atoms with Crippen LogP contribution in [0.4, 0.5) is 0 Å². The van der Waals surface area contributed by atoms with Crippen molar-refractivity contribution in [2.24, 2.45) is 11.8 Å². The van der Waals surface area contributed by atoms with E-state index in [1.54, 1.807) is 25.3 Å². The molecular weight excluding hydrogens is 542 g/mol. The van der Waals surface area contributed by atoms with Crippen LogP contribution in [0.25, 0.3) is 23.1 Å². The molecule has 7 nitrogen and oxygen atoms in total. The van der Waals surface area contributed by atoms with E-state index in [0.29, 0.717) is 16.5 Å². The van der Waals surface area contributed by atoms with Gasteiger partial charge in [-0.05, 0) is 66.6 Å². The number of nitrogens with zero attached hydrogens (tertiary/aromatic N) is 1. The Hall–Kier alpha value is -4.07. The molecule has 41 heavy (non-hydrogen) atoms. The molecule has 8 heteroatoms. The van der Waals surface area contributed by atoms with Crippen molar-refractivity contribution in [3.05, 3.63) is 94.6 Å². The number of carbonyl (C=O) groups is 1. The normalized spacial score (nSPS) is 17.7. The van der Waals surface area contributed by atoms with E-state index in [-0.39, 0.29) is 23.5 Å². The highest BCUT2D eigenvalue weighted by atomic mass is 35.5. The van der Waals surface area contributed by atoms with E-state index in [4.69, 9.17) is 35.3 Å². The molecule has 3 aromatic carbocycles. The highest BCUT2D eigenvalue weighted by molar-refractivity contribution is 6.31. The summed E-state index contributed by atoms with van der Waals surface area (Å²) in [6.07, 6.45) is 4.32. The fourth-order valence-electron chi connectivity index (χ4n) is 4.83. The van der Waals surface area contributed by atoms with Crippen molar-refractivity contribution in [3.63, 3.8) is 0 Å².